The van der Waals surface area contributed by atoms with Gasteiger partial charge in [0.15, 0.2) is 8.32 Å². The summed E-state index contributed by atoms with van der Waals surface area (Å²) in [7, 11) is 1.19. The summed E-state index contributed by atoms with van der Waals surface area (Å²) in [6.45, 7) is 11.6. The lowest BCUT2D eigenvalue weighted by molar-refractivity contribution is -0.137. The molecule has 1 unspecified atom stereocenters. The van der Waals surface area contributed by atoms with Gasteiger partial charge >= 0.3 is 6.18 Å². The van der Waals surface area contributed by atoms with Crippen molar-refractivity contribution in [3.05, 3.63) is 40.6 Å². The van der Waals surface area contributed by atoms with Gasteiger partial charge in [-0.15, -0.1) is 0 Å². The van der Waals surface area contributed by atoms with Crippen LogP contribution in [0, 0.1) is 0 Å². The second-order valence-electron chi connectivity index (χ2n) is 8.67. The molecule has 1 aliphatic carbocycles. The average molecular weight is 417 g/mol. The Morgan fingerprint density at radius 1 is 1.07 bits per heavy atom. The van der Waals surface area contributed by atoms with E-state index in [9.17, 15) is 13.2 Å². The van der Waals surface area contributed by atoms with Gasteiger partial charge in [-0.3, -0.25) is 0 Å². The summed E-state index contributed by atoms with van der Waals surface area (Å²) >= 11 is 0. The second-order valence-corrected chi connectivity index (χ2v) is 13.5. The zero-order chi connectivity index (χ0) is 21.3. The van der Waals surface area contributed by atoms with Crippen LogP contribution < -0.4 is 0 Å². The highest BCUT2D eigenvalue weighted by Gasteiger charge is 2.38. The van der Waals surface area contributed by atoms with E-state index in [0.29, 0.717) is 24.4 Å². The van der Waals surface area contributed by atoms with Gasteiger partial charge in [0.05, 0.1) is 12.7 Å². The highest BCUT2D eigenvalue weighted by Crippen LogP contribution is 2.46. The topological polar surface area (TPSA) is 27.7 Å². The van der Waals surface area contributed by atoms with E-state index in [1.165, 1.54) is 26.4 Å². The number of rotatable bonds is 7. The Bertz CT molecular complexity index is 733. The van der Waals surface area contributed by atoms with Crippen molar-refractivity contribution in [2.75, 3.05) is 20.8 Å². The number of benzene rings is 1. The Kier molecular flexibility index (Phi) is 6.73. The van der Waals surface area contributed by atoms with Gasteiger partial charge in [0, 0.05) is 19.3 Å². The van der Waals surface area contributed by atoms with E-state index in [1.807, 2.05) is 0 Å². The summed E-state index contributed by atoms with van der Waals surface area (Å²) in [5.41, 5.74) is 1.50. The van der Waals surface area contributed by atoms with Crippen molar-refractivity contribution in [2.45, 2.75) is 64.0 Å². The van der Waals surface area contributed by atoms with E-state index in [-0.39, 0.29) is 5.04 Å². The van der Waals surface area contributed by atoms with Gasteiger partial charge in [0.2, 0.25) is 0 Å². The van der Waals surface area contributed by atoms with Crippen LogP contribution in [0.4, 0.5) is 13.2 Å². The van der Waals surface area contributed by atoms with Crippen molar-refractivity contribution in [3.8, 4) is 0 Å². The largest absolute Gasteiger partial charge is 0.498 e. The highest BCUT2D eigenvalue weighted by atomic mass is 28.4. The molecule has 1 aromatic rings. The SMILES string of the molecule is COC1=C(CCCO[Si](C)(C)C(C)(C)C)c2ccc(C(F)(F)F)cc2C1OC. The summed E-state index contributed by atoms with van der Waals surface area (Å²) in [6.07, 6.45) is -3.57. The monoisotopic (exact) mass is 416 g/mol. The van der Waals surface area contributed by atoms with Crippen molar-refractivity contribution in [2.24, 2.45) is 0 Å². The molecule has 1 aliphatic rings. The van der Waals surface area contributed by atoms with Gasteiger partial charge < -0.3 is 13.9 Å². The average Bonchev–Trinajstić information content (AvgIpc) is 2.88. The maximum absolute atomic E-state index is 13.1. The lowest BCUT2D eigenvalue weighted by Crippen LogP contribution is -2.40. The predicted octanol–water partition coefficient (Wildman–Crippen LogP) is 6.57. The third-order valence-electron chi connectivity index (χ3n) is 5.82. The second kappa shape index (κ2) is 8.20. The van der Waals surface area contributed by atoms with Gasteiger partial charge in [0.25, 0.3) is 0 Å². The van der Waals surface area contributed by atoms with Crippen molar-refractivity contribution in [1.29, 1.82) is 0 Å². The van der Waals surface area contributed by atoms with Crippen LogP contribution in [0.5, 0.6) is 0 Å². The van der Waals surface area contributed by atoms with Crippen LogP contribution in [-0.2, 0) is 20.1 Å². The van der Waals surface area contributed by atoms with Crippen molar-refractivity contribution in [1.82, 2.24) is 0 Å². The summed E-state index contributed by atoms with van der Waals surface area (Å²) in [4.78, 5) is 0. The van der Waals surface area contributed by atoms with Crippen LogP contribution in [0.2, 0.25) is 18.1 Å². The maximum Gasteiger partial charge on any atom is 0.416 e. The standard InChI is InChI=1S/C21H31F3O3Si/c1-20(2,3)28(6,7)27-12-8-9-16-15-11-10-14(21(22,23)24)13-17(15)19(26-5)18(16)25-4/h10-11,13,19H,8-9,12H2,1-7H3. The number of hydrogen-bond donors (Lipinski definition) is 0. The fourth-order valence-corrected chi connectivity index (χ4v) is 4.27. The molecule has 0 fully saturated rings. The first-order valence-corrected chi connectivity index (χ1v) is 12.4. The Balaban J connectivity index is 2.20. The first kappa shape index (κ1) is 23.0. The predicted molar refractivity (Wildman–Crippen MR) is 108 cm³/mol. The van der Waals surface area contributed by atoms with Gasteiger partial charge in [-0.2, -0.15) is 13.2 Å². The Morgan fingerprint density at radius 2 is 1.71 bits per heavy atom. The molecule has 2 rings (SSSR count). The first-order valence-electron chi connectivity index (χ1n) is 9.49. The number of ether oxygens (including phenoxy) is 2. The summed E-state index contributed by atoms with van der Waals surface area (Å²) in [6, 6.07) is 3.82. The van der Waals surface area contributed by atoms with E-state index >= 15 is 0 Å². The Labute approximate surface area is 167 Å². The Morgan fingerprint density at radius 3 is 2.21 bits per heavy atom. The summed E-state index contributed by atoms with van der Waals surface area (Å²) in [5.74, 6) is 0.587. The number of methoxy groups -OCH3 is 2. The quantitative estimate of drug-likeness (QED) is 0.372. The molecule has 0 radical (unpaired) electrons. The van der Waals surface area contributed by atoms with Gasteiger partial charge in [0.1, 0.15) is 11.9 Å². The highest BCUT2D eigenvalue weighted by molar-refractivity contribution is 6.74. The molecule has 0 N–H and O–H groups in total. The molecule has 0 saturated carbocycles. The van der Waals surface area contributed by atoms with Crippen molar-refractivity contribution >= 4 is 13.9 Å². The van der Waals surface area contributed by atoms with Gasteiger partial charge in [-0.05, 0) is 54.2 Å². The zero-order valence-corrected chi connectivity index (χ0v) is 18.8. The number of halogens is 3. The van der Waals surface area contributed by atoms with Crippen molar-refractivity contribution < 1.29 is 27.1 Å². The number of allylic oxidation sites excluding steroid dienone is 1. The smallest absolute Gasteiger partial charge is 0.416 e. The zero-order valence-electron chi connectivity index (χ0n) is 17.8. The van der Waals surface area contributed by atoms with Crippen LogP contribution in [0.3, 0.4) is 0 Å². The molecule has 0 heterocycles. The van der Waals surface area contributed by atoms with Crippen LogP contribution >= 0.6 is 0 Å². The van der Waals surface area contributed by atoms with E-state index in [2.05, 4.69) is 33.9 Å². The summed E-state index contributed by atoms with van der Waals surface area (Å²) < 4.78 is 56.6. The molecular formula is C21H31F3O3Si. The molecule has 1 aromatic carbocycles. The molecule has 0 bridgehead atoms. The first-order chi connectivity index (χ1) is 12.8. The van der Waals surface area contributed by atoms with Crippen LogP contribution in [0.1, 0.15) is 56.4 Å². The maximum atomic E-state index is 13.1. The minimum Gasteiger partial charge on any atom is -0.498 e. The molecule has 0 amide bonds. The van der Waals surface area contributed by atoms with Crippen LogP contribution in [0.15, 0.2) is 24.0 Å². The normalized spacial score (nSPS) is 17.9. The van der Waals surface area contributed by atoms with E-state index in [1.54, 1.807) is 0 Å². The number of alkyl halides is 3. The molecule has 1 atom stereocenters. The lowest BCUT2D eigenvalue weighted by atomic mass is 9.99. The van der Waals surface area contributed by atoms with E-state index in [4.69, 9.17) is 13.9 Å². The third-order valence-corrected chi connectivity index (χ3v) is 10.4. The molecule has 0 spiro atoms. The molecule has 3 nitrogen and oxygen atoms in total. The van der Waals surface area contributed by atoms with Crippen LogP contribution in [0.25, 0.3) is 5.57 Å². The molecule has 7 heteroatoms. The number of hydrogen-bond acceptors (Lipinski definition) is 3. The minimum atomic E-state index is -4.39. The molecule has 28 heavy (non-hydrogen) atoms. The number of fused-ring (bicyclic) bond motifs is 1. The molecule has 0 aliphatic heterocycles. The minimum absolute atomic E-state index is 0.138. The fraction of sp³-hybridized carbons (Fsp3) is 0.619. The van der Waals surface area contributed by atoms with E-state index < -0.39 is 26.2 Å². The third kappa shape index (κ3) is 4.63. The van der Waals surface area contributed by atoms with Gasteiger partial charge in [-0.25, -0.2) is 0 Å². The van der Waals surface area contributed by atoms with Gasteiger partial charge in [-0.1, -0.05) is 26.8 Å². The summed E-state index contributed by atoms with van der Waals surface area (Å²) in [5, 5.41) is 0.138. The molecule has 158 valence electrons. The molecule has 0 saturated heterocycles. The van der Waals surface area contributed by atoms with Crippen LogP contribution in [-0.4, -0.2) is 29.1 Å². The molecule has 0 aromatic heterocycles. The Hall–Kier alpha value is -1.31. The molecular weight excluding hydrogens is 385 g/mol. The fourth-order valence-electron chi connectivity index (χ4n) is 3.18. The van der Waals surface area contributed by atoms with Crippen molar-refractivity contribution in [3.63, 3.8) is 0 Å². The lowest BCUT2D eigenvalue weighted by Gasteiger charge is -2.36. The van der Waals surface area contributed by atoms with E-state index in [0.717, 1.165) is 23.6 Å².